The van der Waals surface area contributed by atoms with Crippen molar-refractivity contribution in [3.05, 3.63) is 63.2 Å². The molecule has 0 aliphatic carbocycles. The molecule has 2 aromatic carbocycles. The summed E-state index contributed by atoms with van der Waals surface area (Å²) in [4.78, 5) is 12.1. The number of benzene rings is 2. The van der Waals surface area contributed by atoms with Crippen LogP contribution in [-0.4, -0.2) is 12.4 Å². The van der Waals surface area contributed by atoms with E-state index in [4.69, 9.17) is 4.74 Å². The second-order valence-corrected chi connectivity index (χ2v) is 6.08. The molecule has 0 spiro atoms. The lowest BCUT2D eigenvalue weighted by Gasteiger charge is -2.08. The Labute approximate surface area is 133 Å². The van der Waals surface area contributed by atoms with Crippen molar-refractivity contribution in [1.82, 2.24) is 0 Å². The Kier molecular flexibility index (Phi) is 5.17. The zero-order chi connectivity index (χ0) is 14.5. The predicted molar refractivity (Wildman–Crippen MR) is 89.5 cm³/mol. The van der Waals surface area contributed by atoms with E-state index < -0.39 is 0 Å². The van der Waals surface area contributed by atoms with Crippen LogP contribution in [0.3, 0.4) is 0 Å². The van der Waals surface area contributed by atoms with E-state index >= 15 is 0 Å². The van der Waals surface area contributed by atoms with E-state index in [1.54, 1.807) is 0 Å². The first kappa shape index (κ1) is 15.0. The lowest BCUT2D eigenvalue weighted by atomic mass is 10.0. The molecule has 0 aliphatic rings. The van der Waals surface area contributed by atoms with Crippen molar-refractivity contribution >= 4 is 28.4 Å². The zero-order valence-corrected chi connectivity index (χ0v) is 13.8. The van der Waals surface area contributed by atoms with Crippen molar-refractivity contribution in [2.24, 2.45) is 0 Å². The number of carbonyl (C=O) groups excluding carboxylic acids is 1. The maximum Gasteiger partial charge on any atom is 0.200 e. The van der Waals surface area contributed by atoms with Gasteiger partial charge in [-0.3, -0.25) is 4.79 Å². The van der Waals surface area contributed by atoms with Gasteiger partial charge in [-0.15, -0.1) is 0 Å². The van der Waals surface area contributed by atoms with Gasteiger partial charge in [-0.1, -0.05) is 50.2 Å². The molecule has 0 aliphatic heterocycles. The van der Waals surface area contributed by atoms with Crippen LogP contribution < -0.4 is 4.74 Å². The molecule has 2 aromatic rings. The Hall–Kier alpha value is -1.36. The average molecular weight is 380 g/mol. The number of hydrogen-bond donors (Lipinski definition) is 0. The van der Waals surface area contributed by atoms with E-state index in [-0.39, 0.29) is 12.4 Å². The summed E-state index contributed by atoms with van der Waals surface area (Å²) in [5.74, 6) is 1.22. The van der Waals surface area contributed by atoms with E-state index in [1.165, 1.54) is 5.56 Å². The molecule has 0 saturated carbocycles. The highest BCUT2D eigenvalue weighted by Crippen LogP contribution is 2.20. The number of para-hydroxylation sites is 1. The molecule has 2 rings (SSSR count). The summed E-state index contributed by atoms with van der Waals surface area (Å²) in [5.41, 5.74) is 1.93. The molecule has 0 heterocycles. The van der Waals surface area contributed by atoms with Crippen LogP contribution in [0.5, 0.6) is 5.75 Å². The number of halogens is 1. The third-order valence-corrected chi connectivity index (χ3v) is 3.99. The second kappa shape index (κ2) is 6.88. The number of Topliss-reactive ketones (excluding diaryl/α,β-unsaturated/α-hetero) is 1. The minimum Gasteiger partial charge on any atom is -0.484 e. The van der Waals surface area contributed by atoms with Gasteiger partial charge in [-0.25, -0.2) is 0 Å². The molecule has 0 radical (unpaired) electrons. The van der Waals surface area contributed by atoms with Crippen LogP contribution in [0.25, 0.3) is 0 Å². The van der Waals surface area contributed by atoms with Crippen LogP contribution in [0.15, 0.2) is 48.5 Å². The largest absolute Gasteiger partial charge is 0.484 e. The molecule has 0 bridgehead atoms. The maximum atomic E-state index is 12.1. The van der Waals surface area contributed by atoms with E-state index in [9.17, 15) is 4.79 Å². The van der Waals surface area contributed by atoms with Crippen LogP contribution in [0.1, 0.15) is 35.7 Å². The van der Waals surface area contributed by atoms with E-state index in [0.29, 0.717) is 11.5 Å². The van der Waals surface area contributed by atoms with Crippen LogP contribution in [0.4, 0.5) is 0 Å². The summed E-state index contributed by atoms with van der Waals surface area (Å²) in [6.45, 7) is 4.34. The van der Waals surface area contributed by atoms with Crippen LogP contribution in [-0.2, 0) is 0 Å². The Morgan fingerprint density at radius 2 is 1.75 bits per heavy atom. The first-order valence-corrected chi connectivity index (χ1v) is 7.66. The Morgan fingerprint density at radius 3 is 2.35 bits per heavy atom. The van der Waals surface area contributed by atoms with Gasteiger partial charge < -0.3 is 4.74 Å². The topological polar surface area (TPSA) is 26.3 Å². The Bertz CT molecular complexity index is 588. The van der Waals surface area contributed by atoms with Crippen molar-refractivity contribution in [3.63, 3.8) is 0 Å². The van der Waals surface area contributed by atoms with Crippen molar-refractivity contribution < 1.29 is 9.53 Å². The Balaban J connectivity index is 2.00. The first-order chi connectivity index (χ1) is 9.58. The van der Waals surface area contributed by atoms with Crippen molar-refractivity contribution in [2.45, 2.75) is 19.8 Å². The minimum absolute atomic E-state index is 0.0000378. The first-order valence-electron chi connectivity index (χ1n) is 6.58. The summed E-state index contributed by atoms with van der Waals surface area (Å²) < 4.78 is 6.58. The van der Waals surface area contributed by atoms with E-state index in [0.717, 1.165) is 9.32 Å². The van der Waals surface area contributed by atoms with Gasteiger partial charge in [0.2, 0.25) is 0 Å². The molecule has 2 nitrogen and oxygen atoms in total. The molecular formula is C17H17IO2. The van der Waals surface area contributed by atoms with Crippen molar-refractivity contribution in [1.29, 1.82) is 0 Å². The molecular weight excluding hydrogens is 363 g/mol. The fourth-order valence-electron chi connectivity index (χ4n) is 1.84. The minimum atomic E-state index is -0.0000378. The van der Waals surface area contributed by atoms with E-state index in [1.807, 2.05) is 48.5 Å². The molecule has 0 fully saturated rings. The van der Waals surface area contributed by atoms with Gasteiger partial charge in [0.25, 0.3) is 0 Å². The quantitative estimate of drug-likeness (QED) is 0.556. The monoisotopic (exact) mass is 380 g/mol. The number of hydrogen-bond acceptors (Lipinski definition) is 2. The second-order valence-electron chi connectivity index (χ2n) is 4.92. The smallest absolute Gasteiger partial charge is 0.200 e. The van der Waals surface area contributed by atoms with E-state index in [2.05, 4.69) is 36.4 Å². The summed E-state index contributed by atoms with van der Waals surface area (Å²) >= 11 is 2.20. The average Bonchev–Trinajstić information content (AvgIpc) is 2.46. The predicted octanol–water partition coefficient (Wildman–Crippen LogP) is 4.68. The molecule has 0 N–H and O–H groups in total. The van der Waals surface area contributed by atoms with Gasteiger partial charge in [0.15, 0.2) is 12.4 Å². The lowest BCUT2D eigenvalue weighted by Crippen LogP contribution is -2.12. The van der Waals surface area contributed by atoms with Crippen molar-refractivity contribution in [3.8, 4) is 5.75 Å². The summed E-state index contributed by atoms with van der Waals surface area (Å²) in [6, 6.07) is 15.4. The lowest BCUT2D eigenvalue weighted by molar-refractivity contribution is 0.0921. The fourth-order valence-corrected chi connectivity index (χ4v) is 2.39. The van der Waals surface area contributed by atoms with Crippen molar-refractivity contribution in [2.75, 3.05) is 6.61 Å². The fraction of sp³-hybridized carbons (Fsp3) is 0.235. The van der Waals surface area contributed by atoms with Crippen LogP contribution in [0.2, 0.25) is 0 Å². The van der Waals surface area contributed by atoms with Gasteiger partial charge in [0.1, 0.15) is 5.75 Å². The molecule has 0 amide bonds. The molecule has 20 heavy (non-hydrogen) atoms. The number of rotatable bonds is 5. The highest BCUT2D eigenvalue weighted by atomic mass is 127. The molecule has 0 unspecified atom stereocenters. The maximum absolute atomic E-state index is 12.1. The molecule has 3 heteroatoms. The number of ketones is 1. The number of ether oxygens (including phenoxy) is 1. The Morgan fingerprint density at radius 1 is 1.10 bits per heavy atom. The standard InChI is InChI=1S/C17H17IO2/c1-12(2)13-7-9-14(10-8-13)16(19)11-20-17-6-4-3-5-15(17)18/h3-10,12H,11H2,1-2H3. The van der Waals surface area contributed by atoms with Gasteiger partial charge in [0, 0.05) is 5.56 Å². The zero-order valence-electron chi connectivity index (χ0n) is 11.6. The summed E-state index contributed by atoms with van der Waals surface area (Å²) in [5, 5.41) is 0. The molecule has 104 valence electrons. The molecule has 0 saturated heterocycles. The SMILES string of the molecule is CC(C)c1ccc(C(=O)COc2ccccc2I)cc1. The highest BCUT2D eigenvalue weighted by Gasteiger charge is 2.09. The highest BCUT2D eigenvalue weighted by molar-refractivity contribution is 14.1. The number of carbonyl (C=O) groups is 1. The molecule has 0 aromatic heterocycles. The van der Waals surface area contributed by atoms with Gasteiger partial charge >= 0.3 is 0 Å². The summed E-state index contributed by atoms with van der Waals surface area (Å²) in [6.07, 6.45) is 0. The third-order valence-electron chi connectivity index (χ3n) is 3.09. The molecule has 0 atom stereocenters. The summed E-state index contributed by atoms with van der Waals surface area (Å²) in [7, 11) is 0. The third kappa shape index (κ3) is 3.82. The van der Waals surface area contributed by atoms with Gasteiger partial charge in [-0.2, -0.15) is 0 Å². The van der Waals surface area contributed by atoms with Gasteiger partial charge in [0.05, 0.1) is 3.57 Å². The normalized spacial score (nSPS) is 10.6. The van der Waals surface area contributed by atoms with Gasteiger partial charge in [-0.05, 0) is 46.2 Å². The van der Waals surface area contributed by atoms with Crippen LogP contribution in [0, 0.1) is 3.57 Å². The van der Waals surface area contributed by atoms with Crippen LogP contribution >= 0.6 is 22.6 Å².